The fourth-order valence-corrected chi connectivity index (χ4v) is 2.00. The van der Waals surface area contributed by atoms with E-state index in [0.29, 0.717) is 6.54 Å². The minimum atomic E-state index is -0.918. The van der Waals surface area contributed by atoms with Gasteiger partial charge in [-0.25, -0.2) is 4.79 Å². The number of carboxylic acids is 1. The highest BCUT2D eigenvalue weighted by atomic mass is 32.1. The Bertz CT molecular complexity index is 403. The highest BCUT2D eigenvalue weighted by Gasteiger charge is 2.11. The fraction of sp³-hybridized carbons (Fsp3) is 0.455. The molecule has 0 saturated carbocycles. The van der Waals surface area contributed by atoms with Crippen LogP contribution in [0.25, 0.3) is 0 Å². The summed E-state index contributed by atoms with van der Waals surface area (Å²) in [4.78, 5) is 21.9. The lowest BCUT2D eigenvalue weighted by Gasteiger charge is -2.09. The zero-order chi connectivity index (χ0) is 12.8. The van der Waals surface area contributed by atoms with Crippen LogP contribution in [0.4, 0.5) is 4.79 Å². The highest BCUT2D eigenvalue weighted by molar-refractivity contribution is 7.08. The summed E-state index contributed by atoms with van der Waals surface area (Å²) in [6.45, 7) is 4.12. The van der Waals surface area contributed by atoms with Crippen LogP contribution in [0.5, 0.6) is 0 Å². The maximum Gasteiger partial charge on any atom is 0.315 e. The van der Waals surface area contributed by atoms with Crippen LogP contribution in [-0.2, 0) is 11.3 Å². The van der Waals surface area contributed by atoms with Gasteiger partial charge >= 0.3 is 12.0 Å². The molecular weight excluding hydrogens is 240 g/mol. The summed E-state index contributed by atoms with van der Waals surface area (Å²) >= 11 is 1.59. The molecule has 1 aromatic rings. The normalized spacial score (nSPS) is 11.9. The summed E-state index contributed by atoms with van der Waals surface area (Å²) in [6.07, 6.45) is 0. The number of hydrogen-bond acceptors (Lipinski definition) is 3. The predicted octanol–water partition coefficient (Wildman–Crippen LogP) is 1.58. The number of carbonyl (C=O) groups is 2. The summed E-state index contributed by atoms with van der Waals surface area (Å²) in [5.74, 6) is -1.50. The van der Waals surface area contributed by atoms with Gasteiger partial charge in [0.25, 0.3) is 0 Å². The van der Waals surface area contributed by atoms with Gasteiger partial charge in [0.1, 0.15) is 0 Å². The van der Waals surface area contributed by atoms with E-state index in [0.717, 1.165) is 11.1 Å². The Morgan fingerprint density at radius 1 is 1.41 bits per heavy atom. The number of nitrogens with one attached hydrogen (secondary N) is 2. The molecule has 0 fully saturated rings. The Balaban J connectivity index is 2.27. The molecular formula is C11H16N2O3S. The Labute approximate surface area is 104 Å². The molecule has 0 aliphatic rings. The van der Waals surface area contributed by atoms with Gasteiger partial charge in [0.15, 0.2) is 0 Å². The van der Waals surface area contributed by atoms with Crippen molar-refractivity contribution in [3.8, 4) is 0 Å². The molecule has 0 aromatic carbocycles. The number of aliphatic carboxylic acids is 1. The standard InChI is InChI=1S/C11H16N2O3S/c1-7(10(14)15)3-12-11(16)13-4-9-6-17-5-8(9)2/h5-7H,3-4H2,1-2H3,(H,14,15)(H2,12,13,16). The first kappa shape index (κ1) is 13.5. The van der Waals surface area contributed by atoms with E-state index in [9.17, 15) is 9.59 Å². The summed E-state index contributed by atoms with van der Waals surface area (Å²) < 4.78 is 0. The Morgan fingerprint density at radius 3 is 2.65 bits per heavy atom. The molecule has 6 heteroatoms. The minimum Gasteiger partial charge on any atom is -0.481 e. The lowest BCUT2D eigenvalue weighted by molar-refractivity contribution is -0.140. The predicted molar refractivity (Wildman–Crippen MR) is 66.1 cm³/mol. The van der Waals surface area contributed by atoms with Crippen LogP contribution in [0.15, 0.2) is 10.8 Å². The molecule has 0 aliphatic carbocycles. The van der Waals surface area contributed by atoms with E-state index in [1.54, 1.807) is 18.3 Å². The van der Waals surface area contributed by atoms with Gasteiger partial charge in [0.2, 0.25) is 0 Å². The van der Waals surface area contributed by atoms with Crippen LogP contribution < -0.4 is 10.6 Å². The topological polar surface area (TPSA) is 78.4 Å². The van der Waals surface area contributed by atoms with E-state index < -0.39 is 11.9 Å². The number of urea groups is 1. The molecule has 3 N–H and O–H groups in total. The van der Waals surface area contributed by atoms with Gasteiger partial charge in [0.05, 0.1) is 5.92 Å². The second kappa shape index (κ2) is 6.24. The molecule has 0 radical (unpaired) electrons. The SMILES string of the molecule is Cc1cscc1CNC(=O)NCC(C)C(=O)O. The second-order valence-electron chi connectivity index (χ2n) is 3.88. The average Bonchev–Trinajstić information content (AvgIpc) is 2.68. The van der Waals surface area contributed by atoms with Gasteiger partial charge in [-0.2, -0.15) is 11.3 Å². The van der Waals surface area contributed by atoms with Crippen LogP contribution in [0, 0.1) is 12.8 Å². The van der Waals surface area contributed by atoms with Gasteiger partial charge in [0, 0.05) is 13.1 Å². The zero-order valence-electron chi connectivity index (χ0n) is 9.82. The third kappa shape index (κ3) is 4.44. The van der Waals surface area contributed by atoms with Crippen molar-refractivity contribution in [3.05, 3.63) is 21.9 Å². The van der Waals surface area contributed by atoms with E-state index in [1.807, 2.05) is 17.7 Å². The molecule has 0 spiro atoms. The van der Waals surface area contributed by atoms with Crippen molar-refractivity contribution in [1.82, 2.24) is 10.6 Å². The van der Waals surface area contributed by atoms with E-state index >= 15 is 0 Å². The number of hydrogen-bond donors (Lipinski definition) is 3. The molecule has 0 saturated heterocycles. The van der Waals surface area contributed by atoms with E-state index in [4.69, 9.17) is 5.11 Å². The molecule has 0 aliphatic heterocycles. The Kier molecular flexibility index (Phi) is 4.96. The second-order valence-corrected chi connectivity index (χ2v) is 4.63. The first-order valence-corrected chi connectivity index (χ1v) is 6.21. The molecule has 2 amide bonds. The number of carbonyl (C=O) groups excluding carboxylic acids is 1. The van der Waals surface area contributed by atoms with Gasteiger partial charge in [-0.05, 0) is 28.8 Å². The molecule has 0 bridgehead atoms. The van der Waals surface area contributed by atoms with Crippen molar-refractivity contribution < 1.29 is 14.7 Å². The fourth-order valence-electron chi connectivity index (χ4n) is 1.14. The van der Waals surface area contributed by atoms with E-state index in [-0.39, 0.29) is 12.6 Å². The number of carboxylic acid groups (broad SMARTS) is 1. The third-order valence-electron chi connectivity index (χ3n) is 2.39. The first-order valence-electron chi connectivity index (χ1n) is 5.27. The number of amides is 2. The van der Waals surface area contributed by atoms with Crippen molar-refractivity contribution in [3.63, 3.8) is 0 Å². The lowest BCUT2D eigenvalue weighted by Crippen LogP contribution is -2.38. The van der Waals surface area contributed by atoms with Crippen LogP contribution in [-0.4, -0.2) is 23.7 Å². The smallest absolute Gasteiger partial charge is 0.315 e. The quantitative estimate of drug-likeness (QED) is 0.748. The third-order valence-corrected chi connectivity index (χ3v) is 3.30. The molecule has 17 heavy (non-hydrogen) atoms. The summed E-state index contributed by atoms with van der Waals surface area (Å²) in [5, 5.41) is 17.8. The Morgan fingerprint density at radius 2 is 2.12 bits per heavy atom. The lowest BCUT2D eigenvalue weighted by atomic mass is 10.2. The van der Waals surface area contributed by atoms with Crippen LogP contribution in [0.2, 0.25) is 0 Å². The number of aryl methyl sites for hydroxylation is 1. The number of rotatable bonds is 5. The zero-order valence-corrected chi connectivity index (χ0v) is 10.6. The molecule has 94 valence electrons. The van der Waals surface area contributed by atoms with Crippen molar-refractivity contribution in [2.75, 3.05) is 6.54 Å². The summed E-state index contributed by atoms with van der Waals surface area (Å²) in [7, 11) is 0. The van der Waals surface area contributed by atoms with Crippen molar-refractivity contribution >= 4 is 23.3 Å². The maximum atomic E-state index is 11.4. The average molecular weight is 256 g/mol. The van der Waals surface area contributed by atoms with Crippen molar-refractivity contribution in [2.24, 2.45) is 5.92 Å². The largest absolute Gasteiger partial charge is 0.481 e. The van der Waals surface area contributed by atoms with Gasteiger partial charge in [-0.3, -0.25) is 4.79 Å². The Hall–Kier alpha value is -1.56. The van der Waals surface area contributed by atoms with Crippen LogP contribution >= 0.6 is 11.3 Å². The highest BCUT2D eigenvalue weighted by Crippen LogP contribution is 2.12. The van der Waals surface area contributed by atoms with Crippen LogP contribution in [0.3, 0.4) is 0 Å². The van der Waals surface area contributed by atoms with Gasteiger partial charge < -0.3 is 15.7 Å². The molecule has 5 nitrogen and oxygen atoms in total. The van der Waals surface area contributed by atoms with E-state index in [1.165, 1.54) is 0 Å². The summed E-state index contributed by atoms with van der Waals surface area (Å²) in [6, 6.07) is -0.344. The van der Waals surface area contributed by atoms with Gasteiger partial charge in [-0.1, -0.05) is 6.92 Å². The molecule has 1 aromatic heterocycles. The maximum absolute atomic E-state index is 11.4. The van der Waals surface area contributed by atoms with E-state index in [2.05, 4.69) is 10.6 Å². The minimum absolute atomic E-state index is 0.129. The molecule has 1 rings (SSSR count). The van der Waals surface area contributed by atoms with Crippen molar-refractivity contribution in [1.29, 1.82) is 0 Å². The first-order chi connectivity index (χ1) is 8.00. The number of thiophene rings is 1. The molecule has 1 atom stereocenters. The molecule has 1 unspecified atom stereocenters. The van der Waals surface area contributed by atoms with Crippen LogP contribution in [0.1, 0.15) is 18.1 Å². The molecule has 1 heterocycles. The van der Waals surface area contributed by atoms with Gasteiger partial charge in [-0.15, -0.1) is 0 Å². The monoisotopic (exact) mass is 256 g/mol. The summed E-state index contributed by atoms with van der Waals surface area (Å²) in [5.41, 5.74) is 2.23. The van der Waals surface area contributed by atoms with Crippen molar-refractivity contribution in [2.45, 2.75) is 20.4 Å².